The van der Waals surface area contributed by atoms with Crippen molar-refractivity contribution in [2.45, 2.75) is 6.10 Å². The van der Waals surface area contributed by atoms with E-state index in [1.807, 2.05) is 0 Å². The summed E-state index contributed by atoms with van der Waals surface area (Å²) in [6.45, 7) is 0. The number of benzene rings is 2. The van der Waals surface area contributed by atoms with Crippen LogP contribution in [0, 0.1) is 10.1 Å². The fraction of sp³-hybridized carbons (Fsp3) is 0.125. The smallest absolute Gasteiger partial charge is 0.291 e. The van der Waals surface area contributed by atoms with Gasteiger partial charge in [0.15, 0.2) is 11.5 Å². The van der Waals surface area contributed by atoms with Gasteiger partial charge in [-0.2, -0.15) is 0 Å². The van der Waals surface area contributed by atoms with Gasteiger partial charge in [-0.05, 0) is 18.2 Å². The van der Waals surface area contributed by atoms with Gasteiger partial charge < -0.3 is 9.47 Å². The Kier molecular flexibility index (Phi) is 3.73. The van der Waals surface area contributed by atoms with Gasteiger partial charge in [-0.15, -0.1) is 0 Å². The predicted octanol–water partition coefficient (Wildman–Crippen LogP) is 4.10. The second-order valence-electron chi connectivity index (χ2n) is 4.75. The maximum atomic E-state index is 11.4. The minimum atomic E-state index is -0.809. The Morgan fingerprint density at radius 2 is 1.95 bits per heavy atom. The van der Waals surface area contributed by atoms with Crippen LogP contribution >= 0.6 is 11.6 Å². The summed E-state index contributed by atoms with van der Waals surface area (Å²) in [5, 5.41) is 11.9. The number of methoxy groups -OCH3 is 1. The van der Waals surface area contributed by atoms with Crippen LogP contribution in [0.1, 0.15) is 17.2 Å². The molecule has 0 amide bonds. The normalized spacial score (nSPS) is 16.3. The second-order valence-corrected chi connectivity index (χ2v) is 5.19. The zero-order valence-electron chi connectivity index (χ0n) is 11.7. The lowest BCUT2D eigenvalue weighted by Crippen LogP contribution is -2.20. The summed E-state index contributed by atoms with van der Waals surface area (Å²) >= 11 is 5.87. The van der Waals surface area contributed by atoms with Crippen molar-refractivity contribution in [3.05, 3.63) is 74.4 Å². The fourth-order valence-corrected chi connectivity index (χ4v) is 2.50. The zero-order chi connectivity index (χ0) is 15.7. The summed E-state index contributed by atoms with van der Waals surface area (Å²) in [5.74, 6) is 1.03. The molecule has 2 aromatic rings. The molecule has 0 fully saturated rings. The number of nitrogens with zero attached hydrogens (tertiary/aromatic N) is 1. The first-order valence-corrected chi connectivity index (χ1v) is 6.93. The Balaban J connectivity index is 2.11. The molecule has 0 saturated heterocycles. The van der Waals surface area contributed by atoms with Gasteiger partial charge in [-0.1, -0.05) is 35.9 Å². The average Bonchev–Trinajstić information content (AvgIpc) is 2.53. The Morgan fingerprint density at radius 3 is 2.59 bits per heavy atom. The van der Waals surface area contributed by atoms with Crippen LogP contribution in [0.3, 0.4) is 0 Å². The van der Waals surface area contributed by atoms with Crippen LogP contribution in [0.5, 0.6) is 11.5 Å². The molecule has 0 bridgehead atoms. The Hall–Kier alpha value is -2.53. The molecular weight excluding hydrogens is 306 g/mol. The van der Waals surface area contributed by atoms with Crippen molar-refractivity contribution in [1.29, 1.82) is 0 Å². The third-order valence-corrected chi connectivity index (χ3v) is 3.67. The SMILES string of the molecule is COc1cccc2c1OC(c1ccc(Cl)cc1)C([N+](=O)[O-])=C2. The van der Waals surface area contributed by atoms with Gasteiger partial charge in [0.1, 0.15) is 0 Å². The molecule has 2 aromatic carbocycles. The first kappa shape index (κ1) is 14.4. The van der Waals surface area contributed by atoms with E-state index in [2.05, 4.69) is 0 Å². The molecule has 112 valence electrons. The molecule has 1 heterocycles. The standard InChI is InChI=1S/C16H12ClNO4/c1-21-14-4-2-3-11-9-13(18(19)20)15(22-16(11)14)10-5-7-12(17)8-6-10/h2-9,15H,1H3. The Morgan fingerprint density at radius 1 is 1.23 bits per heavy atom. The first-order chi connectivity index (χ1) is 10.6. The van der Waals surface area contributed by atoms with Crippen molar-refractivity contribution < 1.29 is 14.4 Å². The van der Waals surface area contributed by atoms with Gasteiger partial charge in [-0.3, -0.25) is 10.1 Å². The van der Waals surface area contributed by atoms with Crippen molar-refractivity contribution in [2.75, 3.05) is 7.11 Å². The molecule has 3 rings (SSSR count). The van der Waals surface area contributed by atoms with E-state index in [1.165, 1.54) is 13.2 Å². The number of hydrogen-bond donors (Lipinski definition) is 0. The molecule has 6 heteroatoms. The molecule has 0 aromatic heterocycles. The van der Waals surface area contributed by atoms with Gasteiger partial charge in [0.05, 0.1) is 12.0 Å². The van der Waals surface area contributed by atoms with Gasteiger partial charge in [0, 0.05) is 22.2 Å². The number of fused-ring (bicyclic) bond motifs is 1. The highest BCUT2D eigenvalue weighted by Gasteiger charge is 2.34. The minimum Gasteiger partial charge on any atom is -0.493 e. The van der Waals surface area contributed by atoms with Crippen molar-refractivity contribution >= 4 is 17.7 Å². The third-order valence-electron chi connectivity index (χ3n) is 3.42. The summed E-state index contributed by atoms with van der Waals surface area (Å²) in [6, 6.07) is 12.0. The number of hydrogen-bond acceptors (Lipinski definition) is 4. The maximum absolute atomic E-state index is 11.4. The van der Waals surface area contributed by atoms with Gasteiger partial charge >= 0.3 is 0 Å². The van der Waals surface area contributed by atoms with Crippen molar-refractivity contribution in [1.82, 2.24) is 0 Å². The Bertz CT molecular complexity index is 755. The van der Waals surface area contributed by atoms with Crippen LogP contribution in [0.15, 0.2) is 48.2 Å². The van der Waals surface area contributed by atoms with E-state index < -0.39 is 11.0 Å². The van der Waals surface area contributed by atoms with E-state index in [0.29, 0.717) is 27.6 Å². The van der Waals surface area contributed by atoms with Crippen LogP contribution in [0.4, 0.5) is 0 Å². The summed E-state index contributed by atoms with van der Waals surface area (Å²) in [6.07, 6.45) is 0.705. The quantitative estimate of drug-likeness (QED) is 0.631. The molecule has 5 nitrogen and oxygen atoms in total. The highest BCUT2D eigenvalue weighted by Crippen LogP contribution is 2.42. The molecular formula is C16H12ClNO4. The largest absolute Gasteiger partial charge is 0.493 e. The summed E-state index contributed by atoms with van der Waals surface area (Å²) in [5.41, 5.74) is 1.25. The van der Waals surface area contributed by atoms with Crippen LogP contribution in [-0.2, 0) is 0 Å². The lowest BCUT2D eigenvalue weighted by molar-refractivity contribution is -0.434. The molecule has 0 saturated carbocycles. The third kappa shape index (κ3) is 2.51. The van der Waals surface area contributed by atoms with E-state index in [4.69, 9.17) is 21.1 Å². The van der Waals surface area contributed by atoms with E-state index in [1.54, 1.807) is 42.5 Å². The predicted molar refractivity (Wildman–Crippen MR) is 82.8 cm³/mol. The number of nitro groups is 1. The van der Waals surface area contributed by atoms with Crippen molar-refractivity contribution in [3.8, 4) is 11.5 Å². The monoisotopic (exact) mass is 317 g/mol. The van der Waals surface area contributed by atoms with E-state index in [9.17, 15) is 10.1 Å². The summed E-state index contributed by atoms with van der Waals surface area (Å²) in [7, 11) is 1.53. The summed E-state index contributed by atoms with van der Waals surface area (Å²) < 4.78 is 11.1. The molecule has 1 aliphatic rings. The van der Waals surface area contributed by atoms with E-state index >= 15 is 0 Å². The van der Waals surface area contributed by atoms with Crippen molar-refractivity contribution in [2.24, 2.45) is 0 Å². The van der Waals surface area contributed by atoms with Crippen molar-refractivity contribution in [3.63, 3.8) is 0 Å². The lowest BCUT2D eigenvalue weighted by atomic mass is 10.0. The van der Waals surface area contributed by atoms with Crippen LogP contribution in [0.2, 0.25) is 5.02 Å². The summed E-state index contributed by atoms with van der Waals surface area (Å²) in [4.78, 5) is 10.9. The molecule has 0 radical (unpaired) electrons. The highest BCUT2D eigenvalue weighted by molar-refractivity contribution is 6.30. The average molecular weight is 318 g/mol. The molecule has 22 heavy (non-hydrogen) atoms. The molecule has 0 aliphatic carbocycles. The number of ether oxygens (including phenoxy) is 2. The van der Waals surface area contributed by atoms with E-state index in [-0.39, 0.29) is 5.70 Å². The second kappa shape index (κ2) is 5.69. The fourth-order valence-electron chi connectivity index (χ4n) is 2.37. The number of rotatable bonds is 3. The lowest BCUT2D eigenvalue weighted by Gasteiger charge is -2.24. The molecule has 0 N–H and O–H groups in total. The Labute approximate surface area is 131 Å². The molecule has 0 spiro atoms. The van der Waals surface area contributed by atoms with Gasteiger partial charge in [0.25, 0.3) is 5.70 Å². The zero-order valence-corrected chi connectivity index (χ0v) is 12.4. The van der Waals surface area contributed by atoms with Crippen LogP contribution < -0.4 is 9.47 Å². The molecule has 1 atom stereocenters. The van der Waals surface area contributed by atoms with Gasteiger partial charge in [-0.25, -0.2) is 0 Å². The van der Waals surface area contributed by atoms with Crippen LogP contribution in [0.25, 0.3) is 6.08 Å². The number of para-hydroxylation sites is 1. The molecule has 1 unspecified atom stereocenters. The maximum Gasteiger partial charge on any atom is 0.291 e. The number of halogens is 1. The highest BCUT2D eigenvalue weighted by atomic mass is 35.5. The van der Waals surface area contributed by atoms with Gasteiger partial charge in [0.2, 0.25) is 6.10 Å². The first-order valence-electron chi connectivity index (χ1n) is 6.55. The van der Waals surface area contributed by atoms with Crippen LogP contribution in [-0.4, -0.2) is 12.0 Å². The minimum absolute atomic E-state index is 0.0249. The topological polar surface area (TPSA) is 61.6 Å². The molecule has 1 aliphatic heterocycles. The van der Waals surface area contributed by atoms with E-state index in [0.717, 1.165) is 0 Å².